The maximum Gasteiger partial charge on any atom is 0.252 e. The summed E-state index contributed by atoms with van der Waals surface area (Å²) >= 11 is 0. The molecule has 2 aromatic heterocycles. The van der Waals surface area contributed by atoms with Gasteiger partial charge in [0.15, 0.2) is 5.72 Å². The van der Waals surface area contributed by atoms with Crippen molar-refractivity contribution in [2.45, 2.75) is 37.8 Å². The number of H-pyrrole nitrogens is 1. The lowest BCUT2D eigenvalue weighted by Gasteiger charge is -2.46. The quantitative estimate of drug-likeness (QED) is 0.364. The van der Waals surface area contributed by atoms with Crippen molar-refractivity contribution in [1.82, 2.24) is 20.2 Å². The number of ether oxygens (including phenoxy) is 2. The van der Waals surface area contributed by atoms with E-state index in [1.54, 1.807) is 7.11 Å². The van der Waals surface area contributed by atoms with Gasteiger partial charge in [0.2, 0.25) is 0 Å². The standard InChI is InChI=1S/C28H27N4O3/c1-28(26(34-3)19(29-2)12-13-35-28)32-20-11-7-5-9-16(20)21-17-14-30-27(33)23(17)22-15-8-4-6-10-18(15)31-24(22)25(21)32/h4-11,13,19,26,29,31H,12,14H2,1-3H3,(H,30,33)/t19-,26-,28-/m0/s1. The molecule has 177 valence electrons. The number of methoxy groups -OCH3 is 1. The topological polar surface area (TPSA) is 80.3 Å². The second kappa shape index (κ2) is 7.31. The fourth-order valence-electron chi connectivity index (χ4n) is 6.50. The third-order valence-corrected chi connectivity index (χ3v) is 7.96. The molecule has 0 bridgehead atoms. The van der Waals surface area contributed by atoms with E-state index < -0.39 is 5.72 Å². The van der Waals surface area contributed by atoms with Gasteiger partial charge in [-0.3, -0.25) is 4.79 Å². The van der Waals surface area contributed by atoms with Crippen LogP contribution in [-0.2, 0) is 21.7 Å². The summed E-state index contributed by atoms with van der Waals surface area (Å²) in [6.07, 6.45) is 0.501. The molecular weight excluding hydrogens is 440 g/mol. The summed E-state index contributed by atoms with van der Waals surface area (Å²) < 4.78 is 14.9. The second-order valence-corrected chi connectivity index (χ2v) is 9.66. The first-order valence-electron chi connectivity index (χ1n) is 12.0. The van der Waals surface area contributed by atoms with E-state index in [1.165, 1.54) is 0 Å². The molecule has 2 aliphatic rings. The molecule has 2 aliphatic heterocycles. The zero-order chi connectivity index (χ0) is 23.9. The summed E-state index contributed by atoms with van der Waals surface area (Å²) in [4.78, 5) is 16.8. The molecule has 3 aromatic carbocycles. The summed E-state index contributed by atoms with van der Waals surface area (Å²) in [5, 5.41) is 10.7. The average molecular weight is 468 g/mol. The first-order chi connectivity index (χ1) is 17.1. The average Bonchev–Trinajstić information content (AvgIpc) is 3.55. The Kier molecular flexibility index (Phi) is 4.37. The molecule has 7 nitrogen and oxygen atoms in total. The van der Waals surface area contributed by atoms with E-state index in [1.807, 2.05) is 25.8 Å². The van der Waals surface area contributed by atoms with Gasteiger partial charge in [0.05, 0.1) is 28.7 Å². The SMILES string of the molecule is CN[C@H]1C[CH]O[C@](C)(n2c3ccccc3c3c4c(c5c6ccccc6[nH]c5c32)C(=O)NC4)[C@H]1OC. The highest BCUT2D eigenvalue weighted by molar-refractivity contribution is 6.30. The van der Waals surface area contributed by atoms with Crippen molar-refractivity contribution in [1.29, 1.82) is 0 Å². The summed E-state index contributed by atoms with van der Waals surface area (Å²) in [6.45, 7) is 4.49. The van der Waals surface area contributed by atoms with Crippen molar-refractivity contribution in [3.05, 3.63) is 66.3 Å². The first kappa shape index (κ1) is 20.9. The van der Waals surface area contributed by atoms with Gasteiger partial charge in [-0.1, -0.05) is 36.4 Å². The number of fused-ring (bicyclic) bond motifs is 10. The molecule has 4 heterocycles. The van der Waals surface area contributed by atoms with Crippen molar-refractivity contribution in [3.63, 3.8) is 0 Å². The lowest BCUT2D eigenvalue weighted by molar-refractivity contribution is -0.186. The van der Waals surface area contributed by atoms with Crippen LogP contribution < -0.4 is 10.6 Å². The molecule has 1 saturated heterocycles. The number of likely N-dealkylation sites (N-methyl/N-ethyl adjacent to an activating group) is 1. The van der Waals surface area contributed by atoms with Crippen molar-refractivity contribution in [2.75, 3.05) is 14.2 Å². The fraction of sp³-hybridized carbons (Fsp3) is 0.286. The van der Waals surface area contributed by atoms with Gasteiger partial charge >= 0.3 is 0 Å². The van der Waals surface area contributed by atoms with E-state index in [4.69, 9.17) is 9.47 Å². The van der Waals surface area contributed by atoms with E-state index in [0.29, 0.717) is 6.54 Å². The molecule has 3 N–H and O–H groups in total. The van der Waals surface area contributed by atoms with Crippen LogP contribution in [0.5, 0.6) is 0 Å². The van der Waals surface area contributed by atoms with Crippen molar-refractivity contribution in [2.24, 2.45) is 0 Å². The number of nitrogens with one attached hydrogen (secondary N) is 3. The van der Waals surface area contributed by atoms with E-state index in [2.05, 4.69) is 63.5 Å². The molecule has 7 heteroatoms. The maximum absolute atomic E-state index is 13.2. The van der Waals surface area contributed by atoms with Crippen LogP contribution >= 0.6 is 0 Å². The van der Waals surface area contributed by atoms with E-state index >= 15 is 0 Å². The minimum absolute atomic E-state index is 0.0213. The first-order valence-corrected chi connectivity index (χ1v) is 12.0. The molecule has 3 atom stereocenters. The largest absolute Gasteiger partial charge is 0.375 e. The Morgan fingerprint density at radius 2 is 1.89 bits per heavy atom. The number of carbonyl (C=O) groups excluding carboxylic acids is 1. The number of aromatic amines is 1. The molecular formula is C28H27N4O3. The van der Waals surface area contributed by atoms with Crippen LogP contribution in [0.2, 0.25) is 0 Å². The highest BCUT2D eigenvalue weighted by atomic mass is 16.6. The van der Waals surface area contributed by atoms with Gasteiger partial charge in [0.25, 0.3) is 5.91 Å². The summed E-state index contributed by atoms with van der Waals surface area (Å²) in [5.41, 5.74) is 5.01. The van der Waals surface area contributed by atoms with Gasteiger partial charge in [-0.15, -0.1) is 0 Å². The number of amides is 1. The highest BCUT2D eigenvalue weighted by Gasteiger charge is 2.47. The Morgan fingerprint density at radius 1 is 1.11 bits per heavy atom. The van der Waals surface area contributed by atoms with Crippen LogP contribution in [0.3, 0.4) is 0 Å². The fourth-order valence-corrected chi connectivity index (χ4v) is 6.50. The number of carbonyl (C=O) groups is 1. The third-order valence-electron chi connectivity index (χ3n) is 7.96. The number of benzene rings is 3. The van der Waals surface area contributed by atoms with Gasteiger partial charge in [0.1, 0.15) is 6.10 Å². The van der Waals surface area contributed by atoms with Gasteiger partial charge in [-0.2, -0.15) is 0 Å². The zero-order valence-corrected chi connectivity index (χ0v) is 19.9. The molecule has 0 saturated carbocycles. The summed E-state index contributed by atoms with van der Waals surface area (Å²) in [6, 6.07) is 16.7. The Labute approximate surface area is 202 Å². The van der Waals surface area contributed by atoms with Gasteiger partial charge < -0.3 is 29.7 Å². The van der Waals surface area contributed by atoms with E-state index in [0.717, 1.165) is 61.2 Å². The Morgan fingerprint density at radius 3 is 2.69 bits per heavy atom. The molecule has 0 unspecified atom stereocenters. The molecule has 1 radical (unpaired) electrons. The number of hydrogen-bond acceptors (Lipinski definition) is 4. The molecule has 1 fully saturated rings. The minimum atomic E-state index is -0.823. The van der Waals surface area contributed by atoms with E-state index in [-0.39, 0.29) is 18.1 Å². The van der Waals surface area contributed by atoms with Crippen molar-refractivity contribution in [3.8, 4) is 0 Å². The molecule has 0 aliphatic carbocycles. The third kappa shape index (κ3) is 2.58. The van der Waals surface area contributed by atoms with Gasteiger partial charge in [-0.05, 0) is 38.1 Å². The molecule has 0 spiro atoms. The lowest BCUT2D eigenvalue weighted by Crippen LogP contribution is -2.58. The normalized spacial score (nSPS) is 24.6. The van der Waals surface area contributed by atoms with Crippen LogP contribution in [0, 0.1) is 6.61 Å². The van der Waals surface area contributed by atoms with E-state index in [9.17, 15) is 4.79 Å². The van der Waals surface area contributed by atoms with Crippen LogP contribution in [0.25, 0.3) is 43.6 Å². The van der Waals surface area contributed by atoms with Crippen LogP contribution in [0.15, 0.2) is 48.5 Å². The molecule has 1 amide bonds. The number of aromatic nitrogens is 2. The van der Waals surface area contributed by atoms with Crippen molar-refractivity contribution >= 4 is 49.5 Å². The van der Waals surface area contributed by atoms with Crippen LogP contribution in [0.4, 0.5) is 0 Å². The van der Waals surface area contributed by atoms with Crippen LogP contribution in [0.1, 0.15) is 29.3 Å². The minimum Gasteiger partial charge on any atom is -0.375 e. The Balaban J connectivity index is 1.73. The maximum atomic E-state index is 13.2. The smallest absolute Gasteiger partial charge is 0.252 e. The number of nitrogens with zero attached hydrogens (tertiary/aromatic N) is 1. The second-order valence-electron chi connectivity index (χ2n) is 9.66. The molecule has 7 rings (SSSR count). The zero-order valence-electron chi connectivity index (χ0n) is 19.9. The molecule has 5 aromatic rings. The molecule has 35 heavy (non-hydrogen) atoms. The van der Waals surface area contributed by atoms with Gasteiger partial charge in [-0.25, -0.2) is 0 Å². The lowest BCUT2D eigenvalue weighted by atomic mass is 9.93. The van der Waals surface area contributed by atoms with Crippen molar-refractivity contribution < 1.29 is 14.3 Å². The Bertz CT molecular complexity index is 1670. The Hall–Kier alpha value is -3.39. The summed E-state index contributed by atoms with van der Waals surface area (Å²) in [7, 11) is 3.71. The number of hydrogen-bond donors (Lipinski definition) is 3. The number of rotatable bonds is 3. The monoisotopic (exact) mass is 467 g/mol. The number of para-hydroxylation sites is 2. The van der Waals surface area contributed by atoms with Gasteiger partial charge in [0, 0.05) is 46.8 Å². The summed E-state index contributed by atoms with van der Waals surface area (Å²) in [5.74, 6) is -0.0213. The predicted molar refractivity (Wildman–Crippen MR) is 137 cm³/mol. The van der Waals surface area contributed by atoms with Crippen LogP contribution in [-0.4, -0.2) is 41.8 Å². The predicted octanol–water partition coefficient (Wildman–Crippen LogP) is 4.53. The highest BCUT2D eigenvalue weighted by Crippen LogP contribution is 2.47.